The highest BCUT2D eigenvalue weighted by molar-refractivity contribution is 5.90. The Morgan fingerprint density at radius 1 is 1.33 bits per heavy atom. The fourth-order valence-electron chi connectivity index (χ4n) is 3.48. The molecule has 1 N–H and O–H groups in total. The normalized spacial score (nSPS) is 30.7. The first-order chi connectivity index (χ1) is 12.0. The molecule has 0 aliphatic carbocycles. The number of hydrogen-bond donors (Lipinski definition) is 1. The van der Waals surface area contributed by atoms with Gasteiger partial charge in [-0.1, -0.05) is 30.3 Å². The molecule has 0 radical (unpaired) electrons. The number of rotatable bonds is 4. The van der Waals surface area contributed by atoms with E-state index in [0.717, 1.165) is 12.8 Å². The van der Waals surface area contributed by atoms with Crippen LogP contribution in [0.1, 0.15) is 39.0 Å². The first-order valence-electron chi connectivity index (χ1n) is 8.86. The standard InChI is InChI=1S/C18H23NO5/c20-13-15(21)19-11-6-10-18(19,14-7-2-1-3-8-14)17(22)24-16-9-4-5-12-23-16/h1-3,7-8,16,20H,4-6,9-13H2/t16?,18-/m1/s1/i16D. The molecule has 6 nitrogen and oxygen atoms in total. The van der Waals surface area contributed by atoms with Gasteiger partial charge in [-0.05, 0) is 31.2 Å². The fourth-order valence-corrected chi connectivity index (χ4v) is 3.48. The van der Waals surface area contributed by atoms with E-state index in [-0.39, 0.29) is 0 Å². The van der Waals surface area contributed by atoms with E-state index in [1.165, 1.54) is 4.90 Å². The lowest BCUT2D eigenvalue weighted by Crippen LogP contribution is -2.53. The lowest BCUT2D eigenvalue weighted by Gasteiger charge is -2.37. The zero-order valence-corrected chi connectivity index (χ0v) is 13.6. The second kappa shape index (κ2) is 7.32. The molecule has 0 spiro atoms. The summed E-state index contributed by atoms with van der Waals surface area (Å²) >= 11 is 0. The minimum atomic E-state index is -1.71. The van der Waals surface area contributed by atoms with Crippen LogP contribution in [0.4, 0.5) is 0 Å². The Balaban J connectivity index is 1.97. The van der Waals surface area contributed by atoms with E-state index in [9.17, 15) is 14.7 Å². The second-order valence-corrected chi connectivity index (χ2v) is 6.10. The number of carbonyl (C=O) groups is 2. The summed E-state index contributed by atoms with van der Waals surface area (Å²) in [5, 5.41) is 9.32. The van der Waals surface area contributed by atoms with Crippen molar-refractivity contribution in [3.8, 4) is 0 Å². The molecule has 2 atom stereocenters. The Hall–Kier alpha value is -1.92. The average Bonchev–Trinajstić information content (AvgIpc) is 3.08. The molecule has 0 saturated carbocycles. The first kappa shape index (κ1) is 15.6. The Morgan fingerprint density at radius 2 is 2.12 bits per heavy atom. The van der Waals surface area contributed by atoms with Gasteiger partial charge in [0.1, 0.15) is 7.98 Å². The van der Waals surface area contributed by atoms with Crippen molar-refractivity contribution in [3.05, 3.63) is 35.9 Å². The van der Waals surface area contributed by atoms with Gasteiger partial charge in [-0.25, -0.2) is 4.79 Å². The number of benzene rings is 1. The van der Waals surface area contributed by atoms with Crippen LogP contribution in [0, 0.1) is 0 Å². The summed E-state index contributed by atoms with van der Waals surface area (Å²) in [5.41, 5.74) is -0.700. The molecule has 2 saturated heterocycles. The summed E-state index contributed by atoms with van der Waals surface area (Å²) in [6, 6.07) is 8.94. The molecule has 2 heterocycles. The average molecular weight is 334 g/mol. The maximum Gasteiger partial charge on any atom is 0.339 e. The largest absolute Gasteiger partial charge is 0.434 e. The van der Waals surface area contributed by atoms with E-state index < -0.39 is 30.3 Å². The van der Waals surface area contributed by atoms with Crippen LogP contribution in [0.5, 0.6) is 0 Å². The lowest BCUT2D eigenvalue weighted by molar-refractivity contribution is -0.199. The zero-order chi connectivity index (χ0) is 17.9. The number of amides is 1. The Bertz CT molecular complexity index is 632. The summed E-state index contributed by atoms with van der Waals surface area (Å²) in [6.07, 6.45) is 1.16. The third kappa shape index (κ3) is 3.03. The molecule has 2 aliphatic heterocycles. The summed E-state index contributed by atoms with van der Waals surface area (Å²) in [4.78, 5) is 26.8. The third-order valence-electron chi connectivity index (χ3n) is 4.65. The van der Waals surface area contributed by atoms with Gasteiger partial charge in [0, 0.05) is 13.0 Å². The van der Waals surface area contributed by atoms with Gasteiger partial charge in [0.15, 0.2) is 5.54 Å². The predicted octanol–water partition coefficient (Wildman–Crippen LogP) is 1.57. The van der Waals surface area contributed by atoms with Gasteiger partial charge in [0.25, 0.3) is 0 Å². The van der Waals surface area contributed by atoms with Crippen LogP contribution < -0.4 is 0 Å². The number of nitrogens with zero attached hydrogens (tertiary/aromatic N) is 1. The van der Waals surface area contributed by atoms with Crippen LogP contribution in [-0.4, -0.2) is 47.9 Å². The van der Waals surface area contributed by atoms with Gasteiger partial charge in [0.05, 0.1) is 6.61 Å². The molecule has 130 valence electrons. The molecule has 3 rings (SSSR count). The van der Waals surface area contributed by atoms with Crippen molar-refractivity contribution in [2.75, 3.05) is 19.8 Å². The number of esters is 1. The number of likely N-dealkylation sites (tertiary alicyclic amines) is 1. The molecule has 2 fully saturated rings. The number of hydrogen-bond acceptors (Lipinski definition) is 5. The van der Waals surface area contributed by atoms with Crippen molar-refractivity contribution in [1.29, 1.82) is 0 Å². The Labute approximate surface area is 142 Å². The summed E-state index contributed by atoms with van der Waals surface area (Å²) < 4.78 is 19.1. The molecule has 1 amide bonds. The minimum absolute atomic E-state index is 0.303. The highest BCUT2D eigenvalue weighted by Gasteiger charge is 2.52. The third-order valence-corrected chi connectivity index (χ3v) is 4.65. The quantitative estimate of drug-likeness (QED) is 0.846. The van der Waals surface area contributed by atoms with Crippen LogP contribution in [0.2, 0.25) is 0 Å². The molecule has 1 aromatic carbocycles. The number of ether oxygens (including phenoxy) is 2. The molecular formula is C18H23NO5. The smallest absolute Gasteiger partial charge is 0.339 e. The molecule has 0 aromatic heterocycles. The molecular weight excluding hydrogens is 310 g/mol. The van der Waals surface area contributed by atoms with Crippen molar-refractivity contribution in [3.63, 3.8) is 0 Å². The van der Waals surface area contributed by atoms with Crippen LogP contribution >= 0.6 is 0 Å². The molecule has 24 heavy (non-hydrogen) atoms. The molecule has 1 unspecified atom stereocenters. The van der Waals surface area contributed by atoms with E-state index in [2.05, 4.69) is 0 Å². The Kier molecular flexibility index (Phi) is 4.76. The van der Waals surface area contributed by atoms with E-state index in [4.69, 9.17) is 10.8 Å². The molecule has 2 aliphatic rings. The summed E-state index contributed by atoms with van der Waals surface area (Å²) in [5.74, 6) is -1.20. The van der Waals surface area contributed by atoms with Crippen LogP contribution in [-0.2, 0) is 24.6 Å². The zero-order valence-electron chi connectivity index (χ0n) is 14.6. The maximum atomic E-state index is 13.2. The molecule has 6 heteroatoms. The van der Waals surface area contributed by atoms with Crippen molar-refractivity contribution in [2.45, 2.75) is 43.9 Å². The van der Waals surface area contributed by atoms with Gasteiger partial charge in [-0.15, -0.1) is 0 Å². The van der Waals surface area contributed by atoms with Crippen molar-refractivity contribution in [2.24, 2.45) is 0 Å². The minimum Gasteiger partial charge on any atom is -0.434 e. The fraction of sp³-hybridized carbons (Fsp3) is 0.556. The van der Waals surface area contributed by atoms with Crippen LogP contribution in [0.3, 0.4) is 0 Å². The van der Waals surface area contributed by atoms with Gasteiger partial charge in [-0.3, -0.25) is 4.79 Å². The predicted molar refractivity (Wildman–Crippen MR) is 85.8 cm³/mol. The molecule has 0 bridgehead atoms. The van der Waals surface area contributed by atoms with E-state index in [0.29, 0.717) is 38.0 Å². The van der Waals surface area contributed by atoms with E-state index >= 15 is 0 Å². The van der Waals surface area contributed by atoms with Crippen molar-refractivity contribution in [1.82, 2.24) is 4.90 Å². The van der Waals surface area contributed by atoms with Crippen molar-refractivity contribution >= 4 is 11.9 Å². The summed E-state index contributed by atoms with van der Waals surface area (Å²) in [7, 11) is 0. The second-order valence-electron chi connectivity index (χ2n) is 6.10. The van der Waals surface area contributed by atoms with Gasteiger partial charge >= 0.3 is 5.97 Å². The number of carbonyl (C=O) groups excluding carboxylic acids is 2. The van der Waals surface area contributed by atoms with E-state index in [1.807, 2.05) is 6.07 Å². The van der Waals surface area contributed by atoms with Crippen molar-refractivity contribution < 1.29 is 25.5 Å². The highest BCUT2D eigenvalue weighted by atomic mass is 16.7. The van der Waals surface area contributed by atoms with Gasteiger partial charge in [-0.2, -0.15) is 0 Å². The first-order valence-corrected chi connectivity index (χ1v) is 8.36. The highest BCUT2D eigenvalue weighted by Crippen LogP contribution is 2.40. The maximum absolute atomic E-state index is 13.2. The van der Waals surface area contributed by atoms with Crippen LogP contribution in [0.15, 0.2) is 30.3 Å². The Morgan fingerprint density at radius 3 is 2.79 bits per heavy atom. The lowest BCUT2D eigenvalue weighted by atomic mass is 9.87. The van der Waals surface area contributed by atoms with Gasteiger partial charge < -0.3 is 19.5 Å². The van der Waals surface area contributed by atoms with Crippen LogP contribution in [0.25, 0.3) is 0 Å². The molecule has 1 aromatic rings. The number of aliphatic hydroxyl groups excluding tert-OH is 1. The SMILES string of the molecule is [2H]C1(OC(=O)[C@]2(c3ccccc3)CCCN2C(=O)CO)CCCCO1. The summed E-state index contributed by atoms with van der Waals surface area (Å²) in [6.45, 7) is 0.0496. The monoisotopic (exact) mass is 334 g/mol. The topological polar surface area (TPSA) is 76.1 Å². The number of aliphatic hydroxyl groups is 1. The van der Waals surface area contributed by atoms with Gasteiger partial charge in [0.2, 0.25) is 12.2 Å². The van der Waals surface area contributed by atoms with E-state index in [1.54, 1.807) is 24.3 Å².